The first kappa shape index (κ1) is 43.4. The van der Waals surface area contributed by atoms with Crippen molar-refractivity contribution in [3.05, 3.63) is 101 Å². The molecule has 1 aliphatic heterocycles. The zero-order chi connectivity index (χ0) is 41.9. The summed E-state index contributed by atoms with van der Waals surface area (Å²) < 4.78 is 83.1. The third kappa shape index (κ3) is 13.2. The lowest BCUT2D eigenvalue weighted by molar-refractivity contribution is -0.141. The quantitative estimate of drug-likeness (QED) is 0.105. The van der Waals surface area contributed by atoms with E-state index in [9.17, 15) is 31.9 Å². The average Bonchev–Trinajstić information content (AvgIpc) is 3.89. The van der Waals surface area contributed by atoms with Crippen molar-refractivity contribution in [2.75, 3.05) is 38.2 Å². The van der Waals surface area contributed by atoms with Crippen molar-refractivity contribution in [3.63, 3.8) is 0 Å². The van der Waals surface area contributed by atoms with Gasteiger partial charge >= 0.3 is 12.8 Å². The molecule has 1 saturated carbocycles. The minimum atomic E-state index is -4.63. The molecule has 2 aromatic heterocycles. The van der Waals surface area contributed by atoms with Gasteiger partial charge in [0.05, 0.1) is 37.7 Å². The molecule has 7 rings (SSSR count). The second kappa shape index (κ2) is 20.2. The molecule has 0 bridgehead atoms. The van der Waals surface area contributed by atoms with Crippen molar-refractivity contribution < 1.29 is 46.1 Å². The minimum absolute atomic E-state index is 0.00313. The number of aliphatic hydroxyl groups excluding tert-OH is 1. The Bertz CT molecular complexity index is 2140. The number of halogens is 6. The molecule has 5 aromatic rings. The van der Waals surface area contributed by atoms with Gasteiger partial charge in [-0.1, -0.05) is 35.9 Å². The van der Waals surface area contributed by atoms with Gasteiger partial charge in [0, 0.05) is 60.2 Å². The maximum Gasteiger partial charge on any atom is 0.433 e. The number of alkyl halides is 5. The second-order valence-electron chi connectivity index (χ2n) is 14.2. The number of aliphatic hydroxyl groups is 1. The Balaban J connectivity index is 0.000000199. The molecule has 3 heterocycles. The molecular weight excluding hydrogens is 799 g/mol. The van der Waals surface area contributed by atoms with Gasteiger partial charge in [0.15, 0.2) is 23.0 Å². The van der Waals surface area contributed by atoms with Gasteiger partial charge in [-0.25, -0.2) is 9.97 Å². The van der Waals surface area contributed by atoms with Crippen LogP contribution in [0.25, 0.3) is 22.6 Å². The van der Waals surface area contributed by atoms with Crippen LogP contribution >= 0.6 is 11.6 Å². The number of Topliss-reactive ketones (excluding diaryl/α,β-unsaturated/α-hetero) is 1. The monoisotopic (exact) mass is 842 g/mol. The molecule has 2 aliphatic rings. The molecule has 2 N–H and O–H groups in total. The van der Waals surface area contributed by atoms with E-state index in [-0.39, 0.29) is 29.3 Å². The lowest BCUT2D eigenvalue weighted by atomic mass is 10.1. The molecule has 314 valence electrons. The summed E-state index contributed by atoms with van der Waals surface area (Å²) in [5.41, 5.74) is 2.09. The number of anilines is 2. The molecule has 0 radical (unpaired) electrons. The van der Waals surface area contributed by atoms with Gasteiger partial charge in [-0.3, -0.25) is 14.4 Å². The first-order valence-corrected chi connectivity index (χ1v) is 19.5. The smallest absolute Gasteiger partial charge is 0.433 e. The van der Waals surface area contributed by atoms with Crippen LogP contribution in [0.2, 0.25) is 5.02 Å². The highest BCUT2D eigenvalue weighted by molar-refractivity contribution is 6.30. The van der Waals surface area contributed by atoms with Gasteiger partial charge in [0.2, 0.25) is 0 Å². The standard InChI is InChI=1S/C22H29F2N3O4.C20H15ClF3N3O/c23-22(24)31-20-6-5-16(13-21(20)30-18-3-1-2-4-18)19-7-8-27(25-19)15-17(28)14-26-9-11-29-12-10-26;1-12(28)9-13-5-7-16(8-6-13)25-18-11-17(20(22,23)24)26-19(27-18)14-3-2-4-15(21)10-14/h5-8,13,17-18,22,28H,1-4,9-12,14-15H2;2-8,10-11H,9H2,1H3,(H,25,26,27). The Morgan fingerprint density at radius 3 is 2.37 bits per heavy atom. The van der Waals surface area contributed by atoms with Crippen molar-refractivity contribution in [1.29, 1.82) is 0 Å². The van der Waals surface area contributed by atoms with Gasteiger partial charge in [0.1, 0.15) is 11.6 Å². The van der Waals surface area contributed by atoms with Crippen LogP contribution in [0, 0.1) is 0 Å². The molecule has 1 atom stereocenters. The van der Waals surface area contributed by atoms with E-state index >= 15 is 0 Å². The number of benzene rings is 3. The van der Waals surface area contributed by atoms with Gasteiger partial charge in [0.25, 0.3) is 0 Å². The van der Waals surface area contributed by atoms with E-state index in [1.165, 1.54) is 19.1 Å². The molecule has 59 heavy (non-hydrogen) atoms. The van der Waals surface area contributed by atoms with Crippen molar-refractivity contribution >= 4 is 28.9 Å². The minimum Gasteiger partial charge on any atom is -0.487 e. The van der Waals surface area contributed by atoms with E-state index in [0.29, 0.717) is 60.4 Å². The lowest BCUT2D eigenvalue weighted by Crippen LogP contribution is -2.42. The summed E-state index contributed by atoms with van der Waals surface area (Å²) in [5.74, 6) is 0.278. The number of aromatic nitrogens is 4. The molecule has 3 aromatic carbocycles. The Labute approximate surface area is 343 Å². The summed E-state index contributed by atoms with van der Waals surface area (Å²) in [4.78, 5) is 21.2. The fourth-order valence-corrected chi connectivity index (χ4v) is 6.86. The third-order valence-corrected chi connectivity index (χ3v) is 9.68. The average molecular weight is 843 g/mol. The third-order valence-electron chi connectivity index (χ3n) is 9.44. The van der Waals surface area contributed by atoms with E-state index in [2.05, 4.69) is 30.0 Å². The van der Waals surface area contributed by atoms with Crippen LogP contribution in [-0.4, -0.2) is 87.2 Å². The number of carbonyl (C=O) groups is 1. The molecule has 1 aliphatic carbocycles. The van der Waals surface area contributed by atoms with Crippen molar-refractivity contribution in [3.8, 4) is 34.1 Å². The number of hydrogen-bond donors (Lipinski definition) is 2. The fourth-order valence-electron chi connectivity index (χ4n) is 6.67. The molecule has 11 nitrogen and oxygen atoms in total. The number of ketones is 1. The number of rotatable bonds is 14. The predicted octanol–water partition coefficient (Wildman–Crippen LogP) is 8.86. The number of carbonyl (C=O) groups excluding carboxylic acids is 1. The van der Waals surface area contributed by atoms with E-state index in [4.69, 9.17) is 21.1 Å². The number of nitrogens with one attached hydrogen (secondary N) is 1. The topological polar surface area (TPSA) is 124 Å². The highest BCUT2D eigenvalue weighted by Gasteiger charge is 2.34. The van der Waals surface area contributed by atoms with Crippen LogP contribution in [0.3, 0.4) is 0 Å². The molecule has 17 heteroatoms. The fraction of sp³-hybridized carbons (Fsp3) is 0.381. The lowest BCUT2D eigenvalue weighted by Gasteiger charge is -2.28. The van der Waals surface area contributed by atoms with Crippen LogP contribution in [0.15, 0.2) is 85.1 Å². The zero-order valence-electron chi connectivity index (χ0n) is 32.2. The van der Waals surface area contributed by atoms with Crippen molar-refractivity contribution in [1.82, 2.24) is 24.6 Å². The van der Waals surface area contributed by atoms with E-state index < -0.39 is 24.6 Å². The summed E-state index contributed by atoms with van der Waals surface area (Å²) in [7, 11) is 0. The number of β-amino-alcohol motifs (C(OH)–C–C–N with tert-alkyl or cyclic N) is 1. The normalized spacial score (nSPS) is 15.4. The van der Waals surface area contributed by atoms with Crippen LogP contribution < -0.4 is 14.8 Å². The summed E-state index contributed by atoms with van der Waals surface area (Å²) in [5, 5.41) is 18.2. The maximum absolute atomic E-state index is 13.3. The molecule has 2 fully saturated rings. The van der Waals surface area contributed by atoms with Crippen LogP contribution in [-0.2, 0) is 28.7 Å². The maximum atomic E-state index is 13.3. The van der Waals surface area contributed by atoms with E-state index in [0.717, 1.165) is 56.0 Å². The molecular formula is C42H44ClF5N6O5. The summed E-state index contributed by atoms with van der Waals surface area (Å²) in [6.45, 7) is 2.53. The number of nitrogens with zero attached hydrogens (tertiary/aromatic N) is 5. The number of morpholine rings is 1. The highest BCUT2D eigenvalue weighted by Crippen LogP contribution is 2.36. The second-order valence-corrected chi connectivity index (χ2v) is 14.7. The Hall–Kier alpha value is -5.16. The predicted molar refractivity (Wildman–Crippen MR) is 212 cm³/mol. The van der Waals surface area contributed by atoms with Gasteiger partial charge < -0.3 is 24.6 Å². The zero-order valence-corrected chi connectivity index (χ0v) is 32.9. The largest absolute Gasteiger partial charge is 0.487 e. The summed E-state index contributed by atoms with van der Waals surface area (Å²) in [6.07, 6.45) is 0.917. The van der Waals surface area contributed by atoms with Crippen molar-refractivity contribution in [2.45, 2.75) is 70.6 Å². The Morgan fingerprint density at radius 1 is 0.949 bits per heavy atom. The van der Waals surface area contributed by atoms with E-state index in [1.807, 2.05) is 6.07 Å². The molecule has 0 spiro atoms. The van der Waals surface area contributed by atoms with Crippen molar-refractivity contribution in [2.24, 2.45) is 0 Å². The number of ether oxygens (including phenoxy) is 3. The first-order valence-electron chi connectivity index (χ1n) is 19.1. The molecule has 1 saturated heterocycles. The highest BCUT2D eigenvalue weighted by atomic mass is 35.5. The van der Waals surface area contributed by atoms with Crippen LogP contribution in [0.4, 0.5) is 33.5 Å². The summed E-state index contributed by atoms with van der Waals surface area (Å²) in [6, 6.07) is 20.7. The molecule has 0 amide bonds. The SMILES string of the molecule is CC(=O)Cc1ccc(Nc2cc(C(F)(F)F)nc(-c3cccc(Cl)c3)n2)cc1.OC(CN1CCOCC1)Cn1ccc(-c2ccc(OC(F)F)c(OC3CCCC3)c2)n1. The van der Waals surface area contributed by atoms with Crippen LogP contribution in [0.1, 0.15) is 43.9 Å². The van der Waals surface area contributed by atoms with Gasteiger partial charge in [-0.15, -0.1) is 0 Å². The Kier molecular flexibility index (Phi) is 14.9. The number of hydrogen-bond acceptors (Lipinski definition) is 10. The first-order chi connectivity index (χ1) is 28.3. The van der Waals surface area contributed by atoms with E-state index in [1.54, 1.807) is 65.5 Å². The van der Waals surface area contributed by atoms with Gasteiger partial charge in [-0.05, 0) is 86.7 Å². The van der Waals surface area contributed by atoms with Crippen LogP contribution in [0.5, 0.6) is 11.5 Å². The molecule has 1 unspecified atom stereocenters. The summed E-state index contributed by atoms with van der Waals surface area (Å²) >= 11 is 5.93. The van der Waals surface area contributed by atoms with Gasteiger partial charge in [-0.2, -0.15) is 27.1 Å². The Morgan fingerprint density at radius 2 is 1.69 bits per heavy atom.